The van der Waals surface area contributed by atoms with E-state index in [1.54, 1.807) is 29.6 Å². The number of rotatable bonds is 7. The Labute approximate surface area is 227 Å². The Balaban J connectivity index is 1.02. The van der Waals surface area contributed by atoms with Crippen LogP contribution in [0, 0.1) is 17.8 Å². The Hall–Kier alpha value is -2.32. The molecule has 5 saturated carbocycles. The molecule has 0 radical (unpaired) electrons. The minimum absolute atomic E-state index is 0.0165. The number of nitrogens with one attached hydrogen (secondary N) is 3. The van der Waals surface area contributed by atoms with Crippen LogP contribution in [-0.2, 0) is 6.61 Å². The first-order valence-electron chi connectivity index (χ1n) is 13.7. The number of benzene rings is 1. The molecule has 37 heavy (non-hydrogen) atoms. The Morgan fingerprint density at radius 3 is 2.24 bits per heavy atom. The third kappa shape index (κ3) is 5.75. The number of thiazole rings is 1. The number of amides is 3. The quantitative estimate of drug-likeness (QED) is 0.419. The molecule has 5 aliphatic carbocycles. The predicted octanol–water partition coefficient (Wildman–Crippen LogP) is 5.68. The molecule has 3 amide bonds. The maximum atomic E-state index is 13.1. The summed E-state index contributed by atoms with van der Waals surface area (Å²) < 4.78 is 5.75. The average Bonchev–Trinajstić information content (AvgIpc) is 3.33. The second-order valence-corrected chi connectivity index (χ2v) is 13.0. The van der Waals surface area contributed by atoms with Crippen LogP contribution in [-0.4, -0.2) is 34.5 Å². The van der Waals surface area contributed by atoms with Crippen LogP contribution in [0.25, 0.3) is 0 Å². The van der Waals surface area contributed by atoms with Crippen molar-refractivity contribution in [2.24, 2.45) is 17.8 Å². The van der Waals surface area contributed by atoms with E-state index < -0.39 is 0 Å². The summed E-state index contributed by atoms with van der Waals surface area (Å²) in [5, 5.41) is 13.0. The number of ether oxygens (including phenoxy) is 1. The van der Waals surface area contributed by atoms with Gasteiger partial charge in [0, 0.05) is 22.0 Å². The first-order chi connectivity index (χ1) is 17.9. The summed E-state index contributed by atoms with van der Waals surface area (Å²) >= 11 is 7.32. The molecule has 2 aromatic rings. The van der Waals surface area contributed by atoms with Gasteiger partial charge >= 0.3 is 6.03 Å². The van der Waals surface area contributed by atoms with Gasteiger partial charge in [0.15, 0.2) is 0 Å². The molecule has 0 aliphatic heterocycles. The van der Waals surface area contributed by atoms with E-state index in [-0.39, 0.29) is 36.2 Å². The van der Waals surface area contributed by atoms with Crippen LogP contribution in [0.2, 0.25) is 5.02 Å². The maximum Gasteiger partial charge on any atom is 0.315 e. The fourth-order valence-electron chi connectivity index (χ4n) is 7.59. The molecule has 1 aromatic carbocycles. The third-order valence-electron chi connectivity index (χ3n) is 8.78. The molecular weight excluding hydrogens is 508 g/mol. The fourth-order valence-corrected chi connectivity index (χ4v) is 8.40. The lowest BCUT2D eigenvalue weighted by Crippen LogP contribution is -2.63. The zero-order chi connectivity index (χ0) is 25.4. The molecule has 0 saturated heterocycles. The first-order valence-corrected chi connectivity index (χ1v) is 14.9. The van der Waals surface area contributed by atoms with Gasteiger partial charge in [0.2, 0.25) is 0 Å². The lowest BCUT2D eigenvalue weighted by Gasteiger charge is -2.56. The Morgan fingerprint density at radius 2 is 1.59 bits per heavy atom. The fraction of sp³-hybridized carbons (Fsp3) is 0.607. The topological polar surface area (TPSA) is 92.4 Å². The molecule has 7 rings (SSSR count). The van der Waals surface area contributed by atoms with Gasteiger partial charge in [0.05, 0.1) is 6.04 Å². The summed E-state index contributed by atoms with van der Waals surface area (Å²) in [5.74, 6) is 2.86. The van der Waals surface area contributed by atoms with Crippen molar-refractivity contribution in [1.29, 1.82) is 0 Å². The Bertz CT molecular complexity index is 1100. The van der Waals surface area contributed by atoms with E-state index in [9.17, 15) is 9.59 Å². The highest BCUT2D eigenvalue weighted by molar-refractivity contribution is 7.09. The van der Waals surface area contributed by atoms with E-state index in [0.717, 1.165) is 67.7 Å². The molecule has 5 aliphatic rings. The molecular formula is C28H35ClN4O3S. The lowest BCUT2D eigenvalue weighted by molar-refractivity contribution is -0.0138. The van der Waals surface area contributed by atoms with Crippen molar-refractivity contribution >= 4 is 34.9 Å². The number of carbonyl (C=O) groups is 2. The number of hydrogen-bond donors (Lipinski definition) is 3. The van der Waals surface area contributed by atoms with Gasteiger partial charge < -0.3 is 20.7 Å². The molecule has 2 atom stereocenters. The van der Waals surface area contributed by atoms with Crippen LogP contribution in [0.3, 0.4) is 0 Å². The summed E-state index contributed by atoms with van der Waals surface area (Å²) in [4.78, 5) is 30.6. The predicted molar refractivity (Wildman–Crippen MR) is 144 cm³/mol. The highest BCUT2D eigenvalue weighted by Gasteiger charge is 2.51. The minimum Gasteiger partial charge on any atom is -0.486 e. The SMILES string of the molecule is O=C(N[C@@H]1CCCC[C@@H]1NC(=O)c1csc(COc2ccc(Cl)cc2)n1)NC12CC3CC(CC(C3)C1)C2. The summed E-state index contributed by atoms with van der Waals surface area (Å²) in [7, 11) is 0. The Kier molecular flexibility index (Phi) is 7.05. The number of aromatic nitrogens is 1. The van der Waals surface area contributed by atoms with Crippen LogP contribution < -0.4 is 20.7 Å². The highest BCUT2D eigenvalue weighted by atomic mass is 35.5. The van der Waals surface area contributed by atoms with Crippen molar-refractivity contribution < 1.29 is 14.3 Å². The van der Waals surface area contributed by atoms with E-state index in [1.165, 1.54) is 30.6 Å². The van der Waals surface area contributed by atoms with E-state index in [4.69, 9.17) is 16.3 Å². The van der Waals surface area contributed by atoms with Crippen molar-refractivity contribution in [1.82, 2.24) is 20.9 Å². The summed E-state index contributed by atoms with van der Waals surface area (Å²) in [6.45, 7) is 0.289. The van der Waals surface area contributed by atoms with E-state index in [1.807, 2.05) is 0 Å². The van der Waals surface area contributed by atoms with E-state index in [2.05, 4.69) is 20.9 Å². The molecule has 7 nitrogen and oxygen atoms in total. The monoisotopic (exact) mass is 542 g/mol. The molecule has 3 N–H and O–H groups in total. The van der Waals surface area contributed by atoms with Crippen molar-refractivity contribution in [2.75, 3.05) is 0 Å². The average molecular weight is 543 g/mol. The molecule has 1 aromatic heterocycles. The number of carbonyl (C=O) groups excluding carboxylic acids is 2. The number of urea groups is 1. The Morgan fingerprint density at radius 1 is 0.973 bits per heavy atom. The molecule has 9 heteroatoms. The maximum absolute atomic E-state index is 13.1. The van der Waals surface area contributed by atoms with Crippen LogP contribution in [0.4, 0.5) is 4.79 Å². The summed E-state index contributed by atoms with van der Waals surface area (Å²) in [6.07, 6.45) is 11.3. The van der Waals surface area contributed by atoms with E-state index >= 15 is 0 Å². The lowest BCUT2D eigenvalue weighted by atomic mass is 9.53. The smallest absolute Gasteiger partial charge is 0.315 e. The third-order valence-corrected chi connectivity index (χ3v) is 9.85. The van der Waals surface area contributed by atoms with Crippen molar-refractivity contribution in [3.63, 3.8) is 0 Å². The molecule has 4 bridgehead atoms. The normalized spacial score (nSPS) is 32.1. The van der Waals surface area contributed by atoms with Gasteiger partial charge in [-0.1, -0.05) is 24.4 Å². The van der Waals surface area contributed by atoms with Gasteiger partial charge in [0.25, 0.3) is 5.91 Å². The molecule has 1 heterocycles. The van der Waals surface area contributed by atoms with Gasteiger partial charge in [-0.3, -0.25) is 4.79 Å². The van der Waals surface area contributed by atoms with Gasteiger partial charge in [-0.05, 0) is 93.4 Å². The van der Waals surface area contributed by atoms with Crippen molar-refractivity contribution in [3.05, 3.63) is 45.4 Å². The minimum atomic E-state index is -0.200. The van der Waals surface area contributed by atoms with Crippen LogP contribution in [0.15, 0.2) is 29.6 Å². The van der Waals surface area contributed by atoms with Gasteiger partial charge in [-0.25, -0.2) is 9.78 Å². The largest absolute Gasteiger partial charge is 0.486 e. The number of halogens is 1. The molecule has 198 valence electrons. The second-order valence-electron chi connectivity index (χ2n) is 11.6. The second kappa shape index (κ2) is 10.4. The first kappa shape index (κ1) is 25.0. The number of nitrogens with zero attached hydrogens (tertiary/aromatic N) is 1. The van der Waals surface area contributed by atoms with Gasteiger partial charge in [0.1, 0.15) is 23.1 Å². The van der Waals surface area contributed by atoms with Crippen LogP contribution >= 0.6 is 22.9 Å². The van der Waals surface area contributed by atoms with Crippen LogP contribution in [0.5, 0.6) is 5.75 Å². The van der Waals surface area contributed by atoms with Crippen molar-refractivity contribution in [2.45, 2.75) is 88.4 Å². The molecule has 0 spiro atoms. The van der Waals surface area contributed by atoms with Gasteiger partial charge in [-0.15, -0.1) is 11.3 Å². The highest BCUT2D eigenvalue weighted by Crippen LogP contribution is 2.55. The van der Waals surface area contributed by atoms with Crippen molar-refractivity contribution in [3.8, 4) is 5.75 Å². The zero-order valence-electron chi connectivity index (χ0n) is 21.0. The molecule has 0 unspecified atom stereocenters. The molecule has 5 fully saturated rings. The van der Waals surface area contributed by atoms with Crippen LogP contribution in [0.1, 0.15) is 79.7 Å². The summed E-state index contributed by atoms with van der Waals surface area (Å²) in [5.41, 5.74) is 0.374. The van der Waals surface area contributed by atoms with E-state index in [0.29, 0.717) is 16.5 Å². The summed E-state index contributed by atoms with van der Waals surface area (Å²) in [6, 6.07) is 6.92. The zero-order valence-corrected chi connectivity index (χ0v) is 22.6. The van der Waals surface area contributed by atoms with Gasteiger partial charge in [-0.2, -0.15) is 0 Å². The number of hydrogen-bond acceptors (Lipinski definition) is 5. The standard InChI is InChI=1S/C28H35ClN4O3S/c29-20-5-7-21(8-6-20)36-15-25-30-24(16-37-25)26(34)31-22-3-1-2-4-23(22)32-27(35)33-28-12-17-9-18(13-28)11-19(10-17)14-28/h5-8,16-19,22-23H,1-4,9-15H2,(H,31,34)(H2,32,33,35)/t17?,18?,19?,22-,23+,28?/m0/s1.